The molecule has 1 aromatic carbocycles. The Balaban J connectivity index is 1.55. The van der Waals surface area contributed by atoms with Crippen molar-refractivity contribution in [3.63, 3.8) is 0 Å². The highest BCUT2D eigenvalue weighted by molar-refractivity contribution is 5.94. The second kappa shape index (κ2) is 8.99. The average molecular weight is 380 g/mol. The standard InChI is InChI=1S/C20H29FN2O4/c1-13-10-23(11-14(2)27-13)19-7-6-16(9-18(19)21)22-20(24)15(3)26-12-17-5-4-8-25-17/h6-7,9,13-15,17H,4-5,8,10-12H2,1-3H3,(H,22,24)/t13-,14+,15-,17-/m0/s1. The molecular weight excluding hydrogens is 351 g/mol. The zero-order valence-electron chi connectivity index (χ0n) is 16.2. The number of nitrogens with one attached hydrogen (secondary N) is 1. The van der Waals surface area contributed by atoms with Crippen LogP contribution in [0.3, 0.4) is 0 Å². The fraction of sp³-hybridized carbons (Fsp3) is 0.650. The molecule has 27 heavy (non-hydrogen) atoms. The van der Waals surface area contributed by atoms with E-state index in [2.05, 4.69) is 5.32 Å². The van der Waals surface area contributed by atoms with Crippen molar-refractivity contribution in [2.24, 2.45) is 0 Å². The van der Waals surface area contributed by atoms with Gasteiger partial charge in [0.2, 0.25) is 0 Å². The maximum atomic E-state index is 14.6. The van der Waals surface area contributed by atoms with Crippen molar-refractivity contribution in [1.29, 1.82) is 0 Å². The van der Waals surface area contributed by atoms with Gasteiger partial charge in [0.25, 0.3) is 5.91 Å². The molecule has 2 heterocycles. The summed E-state index contributed by atoms with van der Waals surface area (Å²) in [5.74, 6) is -0.657. The topological polar surface area (TPSA) is 60.0 Å². The molecule has 0 saturated carbocycles. The number of carbonyl (C=O) groups is 1. The minimum absolute atomic E-state index is 0.0503. The van der Waals surface area contributed by atoms with Gasteiger partial charge < -0.3 is 24.4 Å². The molecule has 2 aliphatic rings. The van der Waals surface area contributed by atoms with Crippen molar-refractivity contribution in [2.45, 2.75) is 58.0 Å². The number of ether oxygens (including phenoxy) is 3. The summed E-state index contributed by atoms with van der Waals surface area (Å²) in [5.41, 5.74) is 0.945. The number of hydrogen-bond acceptors (Lipinski definition) is 5. The van der Waals surface area contributed by atoms with Crippen molar-refractivity contribution in [3.05, 3.63) is 24.0 Å². The molecule has 2 aliphatic heterocycles. The van der Waals surface area contributed by atoms with Crippen LogP contribution in [0.5, 0.6) is 0 Å². The van der Waals surface area contributed by atoms with Crippen LogP contribution >= 0.6 is 0 Å². The summed E-state index contributed by atoms with van der Waals surface area (Å²) in [6.07, 6.45) is 1.53. The molecule has 3 rings (SSSR count). The summed E-state index contributed by atoms with van der Waals surface area (Å²) in [6.45, 7) is 8.07. The monoisotopic (exact) mass is 380 g/mol. The Hall–Kier alpha value is -1.70. The summed E-state index contributed by atoms with van der Waals surface area (Å²) in [4.78, 5) is 14.3. The van der Waals surface area contributed by atoms with E-state index < -0.39 is 6.10 Å². The van der Waals surface area contributed by atoms with Crippen LogP contribution in [0.25, 0.3) is 0 Å². The van der Waals surface area contributed by atoms with Gasteiger partial charge in [0.15, 0.2) is 0 Å². The first kappa shape index (κ1) is 20.0. The number of benzene rings is 1. The Morgan fingerprint density at radius 2 is 2.11 bits per heavy atom. The minimum Gasteiger partial charge on any atom is -0.376 e. The van der Waals surface area contributed by atoms with Crippen LogP contribution < -0.4 is 10.2 Å². The van der Waals surface area contributed by atoms with Crippen LogP contribution in [0.15, 0.2) is 18.2 Å². The van der Waals surface area contributed by atoms with Crippen molar-refractivity contribution < 1.29 is 23.4 Å². The molecule has 1 amide bonds. The van der Waals surface area contributed by atoms with E-state index in [0.717, 1.165) is 19.4 Å². The van der Waals surface area contributed by atoms with Gasteiger partial charge in [-0.05, 0) is 51.8 Å². The first-order valence-electron chi connectivity index (χ1n) is 9.66. The predicted molar refractivity (Wildman–Crippen MR) is 102 cm³/mol. The van der Waals surface area contributed by atoms with Gasteiger partial charge in [-0.2, -0.15) is 0 Å². The van der Waals surface area contributed by atoms with Crippen LogP contribution in [-0.4, -0.2) is 56.6 Å². The van der Waals surface area contributed by atoms with Crippen molar-refractivity contribution in [2.75, 3.05) is 36.5 Å². The van der Waals surface area contributed by atoms with Crippen LogP contribution in [-0.2, 0) is 19.0 Å². The van der Waals surface area contributed by atoms with Crippen LogP contribution in [0.2, 0.25) is 0 Å². The molecule has 2 saturated heterocycles. The number of anilines is 2. The van der Waals surface area contributed by atoms with Gasteiger partial charge in [0.1, 0.15) is 11.9 Å². The smallest absolute Gasteiger partial charge is 0.253 e. The van der Waals surface area contributed by atoms with Crippen LogP contribution in [0, 0.1) is 5.82 Å². The Bertz CT molecular complexity index is 641. The molecule has 7 heteroatoms. The SMILES string of the molecule is C[C@@H]1CN(c2ccc(NC(=O)[C@H](C)OC[C@@H]3CCCO3)cc2F)C[C@H](C)O1. The highest BCUT2D eigenvalue weighted by Crippen LogP contribution is 2.26. The molecule has 6 nitrogen and oxygen atoms in total. The highest BCUT2D eigenvalue weighted by atomic mass is 19.1. The minimum atomic E-state index is -0.627. The second-order valence-electron chi connectivity index (χ2n) is 7.43. The van der Waals surface area contributed by atoms with Gasteiger partial charge in [-0.1, -0.05) is 0 Å². The second-order valence-corrected chi connectivity index (χ2v) is 7.43. The lowest BCUT2D eigenvalue weighted by atomic mass is 10.1. The Morgan fingerprint density at radius 1 is 1.37 bits per heavy atom. The molecule has 0 bridgehead atoms. The van der Waals surface area contributed by atoms with E-state index in [-0.39, 0.29) is 30.0 Å². The summed E-state index contributed by atoms with van der Waals surface area (Å²) in [7, 11) is 0. The Morgan fingerprint density at radius 3 is 2.74 bits per heavy atom. The predicted octanol–water partition coefficient (Wildman–Crippen LogP) is 2.96. The van der Waals surface area contributed by atoms with Gasteiger partial charge in [0, 0.05) is 25.4 Å². The Kier molecular flexibility index (Phi) is 6.68. The third-order valence-corrected chi connectivity index (χ3v) is 4.90. The molecule has 0 aliphatic carbocycles. The number of amides is 1. The largest absolute Gasteiger partial charge is 0.376 e. The summed E-state index contributed by atoms with van der Waals surface area (Å²) in [5, 5.41) is 2.72. The molecule has 150 valence electrons. The zero-order chi connectivity index (χ0) is 19.4. The van der Waals surface area contributed by atoms with Gasteiger partial charge >= 0.3 is 0 Å². The van der Waals surface area contributed by atoms with E-state index >= 15 is 0 Å². The number of rotatable bonds is 6. The molecule has 1 N–H and O–H groups in total. The van der Waals surface area contributed by atoms with Crippen LogP contribution in [0.4, 0.5) is 15.8 Å². The van der Waals surface area contributed by atoms with E-state index in [1.807, 2.05) is 18.7 Å². The average Bonchev–Trinajstić information content (AvgIpc) is 3.12. The first-order valence-corrected chi connectivity index (χ1v) is 9.66. The number of halogens is 1. The van der Waals surface area contributed by atoms with E-state index in [1.54, 1.807) is 19.1 Å². The fourth-order valence-electron chi connectivity index (χ4n) is 3.56. The molecule has 2 fully saturated rings. The molecule has 0 aromatic heterocycles. The lowest BCUT2D eigenvalue weighted by Gasteiger charge is -2.37. The normalized spacial score (nSPS) is 26.8. The zero-order valence-corrected chi connectivity index (χ0v) is 16.2. The van der Waals surface area contributed by atoms with Crippen molar-refractivity contribution in [1.82, 2.24) is 0 Å². The van der Waals surface area contributed by atoms with Gasteiger partial charge in [-0.25, -0.2) is 4.39 Å². The van der Waals surface area contributed by atoms with Crippen molar-refractivity contribution >= 4 is 17.3 Å². The van der Waals surface area contributed by atoms with E-state index in [0.29, 0.717) is 31.1 Å². The lowest BCUT2D eigenvalue weighted by molar-refractivity contribution is -0.128. The third-order valence-electron chi connectivity index (χ3n) is 4.90. The molecule has 0 unspecified atom stereocenters. The lowest BCUT2D eigenvalue weighted by Crippen LogP contribution is -2.45. The number of nitrogens with zero attached hydrogens (tertiary/aromatic N) is 1. The van der Waals surface area contributed by atoms with Gasteiger partial charge in [-0.15, -0.1) is 0 Å². The van der Waals surface area contributed by atoms with Gasteiger partial charge in [0.05, 0.1) is 30.6 Å². The molecule has 4 atom stereocenters. The first-order chi connectivity index (χ1) is 12.9. The maximum absolute atomic E-state index is 14.6. The molecule has 0 radical (unpaired) electrons. The molecular formula is C20H29FN2O4. The van der Waals surface area contributed by atoms with Gasteiger partial charge in [-0.3, -0.25) is 4.79 Å². The van der Waals surface area contributed by atoms with Crippen LogP contribution in [0.1, 0.15) is 33.6 Å². The number of hydrogen-bond donors (Lipinski definition) is 1. The molecule has 0 spiro atoms. The van der Waals surface area contributed by atoms with E-state index in [1.165, 1.54) is 6.07 Å². The third kappa shape index (κ3) is 5.40. The Labute approximate surface area is 160 Å². The number of carbonyl (C=O) groups excluding carboxylic acids is 1. The van der Waals surface area contributed by atoms with Crippen molar-refractivity contribution in [3.8, 4) is 0 Å². The highest BCUT2D eigenvalue weighted by Gasteiger charge is 2.25. The summed E-state index contributed by atoms with van der Waals surface area (Å²) >= 11 is 0. The fourth-order valence-corrected chi connectivity index (χ4v) is 3.56. The van der Waals surface area contributed by atoms with E-state index in [4.69, 9.17) is 14.2 Å². The summed E-state index contributed by atoms with van der Waals surface area (Å²) in [6, 6.07) is 4.77. The summed E-state index contributed by atoms with van der Waals surface area (Å²) < 4.78 is 31.4. The quantitative estimate of drug-likeness (QED) is 0.822. The number of morpholine rings is 1. The van der Waals surface area contributed by atoms with E-state index in [9.17, 15) is 9.18 Å². The molecule has 1 aromatic rings. The maximum Gasteiger partial charge on any atom is 0.253 e.